The molecule has 2 aromatic carbocycles. The average Bonchev–Trinajstić information content (AvgIpc) is 2.55. The van der Waals surface area contributed by atoms with Crippen molar-refractivity contribution in [1.29, 1.82) is 0 Å². The van der Waals surface area contributed by atoms with E-state index in [1.54, 1.807) is 30.3 Å². The fourth-order valence-corrected chi connectivity index (χ4v) is 2.35. The lowest BCUT2D eigenvalue weighted by Gasteiger charge is -2.17. The number of carbonyl (C=O) groups excluding carboxylic acids is 1. The zero-order valence-electron chi connectivity index (χ0n) is 13.1. The van der Waals surface area contributed by atoms with E-state index in [0.29, 0.717) is 24.2 Å². The van der Waals surface area contributed by atoms with Gasteiger partial charge >= 0.3 is 5.97 Å². The molecule has 0 spiro atoms. The predicted octanol–water partition coefficient (Wildman–Crippen LogP) is 3.01. The molecule has 0 saturated carbocycles. The normalized spacial score (nSPS) is 10.6. The van der Waals surface area contributed by atoms with Crippen molar-refractivity contribution in [2.45, 2.75) is 13.1 Å². The van der Waals surface area contributed by atoms with Crippen LogP contribution in [-0.4, -0.2) is 29.9 Å². The van der Waals surface area contributed by atoms with E-state index in [1.165, 1.54) is 13.2 Å². The van der Waals surface area contributed by atoms with Crippen LogP contribution in [0.3, 0.4) is 0 Å². The van der Waals surface area contributed by atoms with E-state index in [-0.39, 0.29) is 16.6 Å². The summed E-state index contributed by atoms with van der Waals surface area (Å²) in [6.45, 7) is 1.09. The third-order valence-electron chi connectivity index (χ3n) is 3.46. The molecule has 0 aliphatic carbocycles. The molecule has 0 fully saturated rings. The number of hydrogen-bond acceptors (Lipinski definition) is 5. The Labute approximate surface area is 134 Å². The van der Waals surface area contributed by atoms with Crippen molar-refractivity contribution in [1.82, 2.24) is 4.90 Å². The van der Waals surface area contributed by atoms with Crippen LogP contribution in [0.15, 0.2) is 48.5 Å². The summed E-state index contributed by atoms with van der Waals surface area (Å²) in [4.78, 5) is 24.0. The molecule has 0 atom stereocenters. The molecule has 0 saturated heterocycles. The van der Waals surface area contributed by atoms with Gasteiger partial charge in [-0.05, 0) is 24.7 Å². The second-order valence-corrected chi connectivity index (χ2v) is 5.25. The van der Waals surface area contributed by atoms with Gasteiger partial charge in [0.1, 0.15) is 0 Å². The minimum absolute atomic E-state index is 0.125. The Bertz CT molecular complexity index is 698. The van der Waals surface area contributed by atoms with Crippen LogP contribution >= 0.6 is 0 Å². The highest BCUT2D eigenvalue weighted by molar-refractivity contribution is 5.89. The van der Waals surface area contributed by atoms with Crippen molar-refractivity contribution in [2.24, 2.45) is 0 Å². The molecule has 6 heteroatoms. The maximum atomic E-state index is 11.4. The Morgan fingerprint density at radius 2 is 1.78 bits per heavy atom. The van der Waals surface area contributed by atoms with Crippen LogP contribution in [0.2, 0.25) is 0 Å². The maximum Gasteiger partial charge on any atom is 0.337 e. The topological polar surface area (TPSA) is 72.7 Å². The number of nitro groups is 1. The summed E-state index contributed by atoms with van der Waals surface area (Å²) in [6, 6.07) is 13.8. The fraction of sp³-hybridized carbons (Fsp3) is 0.235. The molecule has 120 valence electrons. The van der Waals surface area contributed by atoms with Gasteiger partial charge in [-0.25, -0.2) is 4.79 Å². The fourth-order valence-electron chi connectivity index (χ4n) is 2.35. The Balaban J connectivity index is 2.04. The molecule has 0 aromatic heterocycles. The van der Waals surface area contributed by atoms with Gasteiger partial charge in [0.05, 0.1) is 17.6 Å². The van der Waals surface area contributed by atoms with E-state index in [2.05, 4.69) is 4.74 Å². The number of para-hydroxylation sites is 1. The summed E-state index contributed by atoms with van der Waals surface area (Å²) < 4.78 is 4.66. The van der Waals surface area contributed by atoms with E-state index >= 15 is 0 Å². The number of methoxy groups -OCH3 is 1. The first-order valence-corrected chi connectivity index (χ1v) is 7.09. The smallest absolute Gasteiger partial charge is 0.337 e. The molecule has 0 aliphatic rings. The number of benzene rings is 2. The lowest BCUT2D eigenvalue weighted by atomic mass is 10.1. The Hall–Kier alpha value is -2.73. The molecule has 0 unspecified atom stereocenters. The molecule has 23 heavy (non-hydrogen) atoms. The number of esters is 1. The van der Waals surface area contributed by atoms with Crippen LogP contribution in [0.4, 0.5) is 5.69 Å². The quantitative estimate of drug-likeness (QED) is 0.465. The number of hydrogen-bond donors (Lipinski definition) is 0. The third kappa shape index (κ3) is 4.37. The number of rotatable bonds is 6. The highest BCUT2D eigenvalue weighted by Crippen LogP contribution is 2.20. The Morgan fingerprint density at radius 3 is 2.39 bits per heavy atom. The molecule has 0 bridgehead atoms. The van der Waals surface area contributed by atoms with Gasteiger partial charge in [-0.1, -0.05) is 30.3 Å². The zero-order chi connectivity index (χ0) is 16.8. The molecular formula is C17H18N2O4. The summed E-state index contributed by atoms with van der Waals surface area (Å²) in [5, 5.41) is 11.0. The van der Waals surface area contributed by atoms with Gasteiger partial charge in [0.25, 0.3) is 5.69 Å². The molecule has 0 radical (unpaired) electrons. The minimum atomic E-state index is -0.371. The monoisotopic (exact) mass is 314 g/mol. The molecule has 2 rings (SSSR count). The van der Waals surface area contributed by atoms with Crippen molar-refractivity contribution < 1.29 is 14.5 Å². The summed E-state index contributed by atoms with van der Waals surface area (Å²) in [7, 11) is 3.24. The Kier molecular flexibility index (Phi) is 5.43. The van der Waals surface area contributed by atoms with E-state index in [1.807, 2.05) is 24.1 Å². The standard InChI is InChI=1S/C17H18N2O4/c1-18(12-15-5-3-4-6-16(15)19(21)22)11-13-7-9-14(10-8-13)17(20)23-2/h3-10H,11-12H2,1-2H3. The first kappa shape index (κ1) is 16.6. The van der Waals surface area contributed by atoms with Crippen molar-refractivity contribution in [3.63, 3.8) is 0 Å². The van der Waals surface area contributed by atoms with Gasteiger partial charge in [0.15, 0.2) is 0 Å². The first-order valence-electron chi connectivity index (χ1n) is 7.09. The van der Waals surface area contributed by atoms with Crippen molar-refractivity contribution in [3.8, 4) is 0 Å². The molecule has 0 N–H and O–H groups in total. The first-order chi connectivity index (χ1) is 11.0. The highest BCUT2D eigenvalue weighted by atomic mass is 16.6. The summed E-state index contributed by atoms with van der Waals surface area (Å²) in [6.07, 6.45) is 0. The lowest BCUT2D eigenvalue weighted by molar-refractivity contribution is -0.385. The van der Waals surface area contributed by atoms with Gasteiger partial charge in [0, 0.05) is 24.7 Å². The van der Waals surface area contributed by atoms with E-state index in [4.69, 9.17) is 0 Å². The maximum absolute atomic E-state index is 11.4. The van der Waals surface area contributed by atoms with E-state index < -0.39 is 0 Å². The molecular weight excluding hydrogens is 296 g/mol. The highest BCUT2D eigenvalue weighted by Gasteiger charge is 2.14. The number of carbonyl (C=O) groups is 1. The molecule has 2 aromatic rings. The van der Waals surface area contributed by atoms with Crippen LogP contribution < -0.4 is 0 Å². The second kappa shape index (κ2) is 7.51. The van der Waals surface area contributed by atoms with Gasteiger partial charge in [0.2, 0.25) is 0 Å². The number of nitro benzene ring substituents is 1. The van der Waals surface area contributed by atoms with Gasteiger partial charge in [-0.3, -0.25) is 15.0 Å². The second-order valence-electron chi connectivity index (χ2n) is 5.25. The van der Waals surface area contributed by atoms with E-state index in [0.717, 1.165) is 5.56 Å². The minimum Gasteiger partial charge on any atom is -0.465 e. The van der Waals surface area contributed by atoms with E-state index in [9.17, 15) is 14.9 Å². The van der Waals surface area contributed by atoms with Crippen molar-refractivity contribution in [3.05, 3.63) is 75.3 Å². The average molecular weight is 314 g/mol. The van der Waals surface area contributed by atoms with Crippen LogP contribution in [0.5, 0.6) is 0 Å². The van der Waals surface area contributed by atoms with Crippen molar-refractivity contribution in [2.75, 3.05) is 14.2 Å². The number of ether oxygens (including phenoxy) is 1. The largest absolute Gasteiger partial charge is 0.465 e. The SMILES string of the molecule is COC(=O)c1ccc(CN(C)Cc2ccccc2[N+](=O)[O-])cc1. The zero-order valence-corrected chi connectivity index (χ0v) is 13.1. The molecule has 0 heterocycles. The molecule has 0 amide bonds. The van der Waals surface area contributed by atoms with Crippen molar-refractivity contribution >= 4 is 11.7 Å². The molecule has 6 nitrogen and oxygen atoms in total. The van der Waals surface area contributed by atoms with Crippen LogP contribution in [0.25, 0.3) is 0 Å². The lowest BCUT2D eigenvalue weighted by Crippen LogP contribution is -2.18. The van der Waals surface area contributed by atoms with Crippen LogP contribution in [-0.2, 0) is 17.8 Å². The summed E-state index contributed by atoms with van der Waals surface area (Å²) in [5.41, 5.74) is 2.31. The molecule has 0 aliphatic heterocycles. The van der Waals surface area contributed by atoms with Gasteiger partial charge in [-0.2, -0.15) is 0 Å². The van der Waals surface area contributed by atoms with Crippen LogP contribution in [0.1, 0.15) is 21.5 Å². The predicted molar refractivity (Wildman–Crippen MR) is 86.0 cm³/mol. The van der Waals surface area contributed by atoms with Gasteiger partial charge < -0.3 is 4.74 Å². The van der Waals surface area contributed by atoms with Gasteiger partial charge in [-0.15, -0.1) is 0 Å². The Morgan fingerprint density at radius 1 is 1.13 bits per heavy atom. The summed E-state index contributed by atoms with van der Waals surface area (Å²) in [5.74, 6) is -0.371. The summed E-state index contributed by atoms with van der Waals surface area (Å²) >= 11 is 0. The number of nitrogens with zero attached hydrogens (tertiary/aromatic N) is 2. The van der Waals surface area contributed by atoms with Crippen LogP contribution in [0, 0.1) is 10.1 Å². The third-order valence-corrected chi connectivity index (χ3v) is 3.46.